The van der Waals surface area contributed by atoms with Crippen LogP contribution in [0.25, 0.3) is 11.3 Å². The van der Waals surface area contributed by atoms with E-state index in [9.17, 15) is 15.0 Å². The second-order valence-corrected chi connectivity index (χ2v) is 4.41. The molecule has 0 radical (unpaired) electrons. The minimum absolute atomic E-state index is 0.109. The van der Waals surface area contributed by atoms with Crippen LogP contribution in [0.2, 0.25) is 0 Å². The SMILES string of the molecule is O=C(c1ccccc1O)c1n[nH]nc1-c1ccc(O)cc1. The van der Waals surface area contributed by atoms with Crippen LogP contribution in [0.4, 0.5) is 0 Å². The Labute approximate surface area is 119 Å². The van der Waals surface area contributed by atoms with E-state index in [0.29, 0.717) is 11.3 Å². The Bertz CT molecular complexity index is 794. The molecule has 1 aromatic heterocycles. The van der Waals surface area contributed by atoms with Crippen molar-refractivity contribution in [3.8, 4) is 22.8 Å². The largest absolute Gasteiger partial charge is 0.508 e. The van der Waals surface area contributed by atoms with E-state index in [1.54, 1.807) is 24.3 Å². The maximum Gasteiger partial charge on any atom is 0.219 e. The lowest BCUT2D eigenvalue weighted by atomic mass is 10.0. The number of ketones is 1. The molecule has 2 aromatic carbocycles. The molecule has 6 nitrogen and oxygen atoms in total. The lowest BCUT2D eigenvalue weighted by Gasteiger charge is -2.03. The zero-order valence-corrected chi connectivity index (χ0v) is 10.8. The van der Waals surface area contributed by atoms with Crippen molar-refractivity contribution in [2.24, 2.45) is 0 Å². The molecular weight excluding hydrogens is 270 g/mol. The number of aromatic nitrogens is 3. The Balaban J connectivity index is 2.05. The Hall–Kier alpha value is -3.15. The summed E-state index contributed by atoms with van der Waals surface area (Å²) < 4.78 is 0. The highest BCUT2D eigenvalue weighted by Gasteiger charge is 2.21. The molecule has 0 saturated carbocycles. The minimum atomic E-state index is -0.426. The zero-order chi connectivity index (χ0) is 14.8. The molecule has 3 aromatic rings. The Morgan fingerprint density at radius 2 is 1.67 bits per heavy atom. The van der Waals surface area contributed by atoms with Gasteiger partial charge in [-0.05, 0) is 36.4 Å². The Kier molecular flexibility index (Phi) is 3.12. The average Bonchev–Trinajstić information content (AvgIpc) is 2.97. The number of phenolic OH excluding ortho intramolecular Hbond substituents is 2. The van der Waals surface area contributed by atoms with Gasteiger partial charge in [0.1, 0.15) is 17.2 Å². The van der Waals surface area contributed by atoms with Crippen molar-refractivity contribution in [3.63, 3.8) is 0 Å². The molecule has 0 aliphatic heterocycles. The number of aromatic amines is 1. The number of nitrogens with one attached hydrogen (secondary N) is 1. The summed E-state index contributed by atoms with van der Waals surface area (Å²) in [5, 5.41) is 29.3. The Morgan fingerprint density at radius 3 is 2.38 bits per heavy atom. The number of aromatic hydroxyl groups is 2. The summed E-state index contributed by atoms with van der Waals surface area (Å²) in [4.78, 5) is 12.5. The second-order valence-electron chi connectivity index (χ2n) is 4.41. The van der Waals surface area contributed by atoms with Gasteiger partial charge in [0, 0.05) is 5.56 Å². The zero-order valence-electron chi connectivity index (χ0n) is 10.8. The molecule has 0 aliphatic carbocycles. The van der Waals surface area contributed by atoms with Crippen molar-refractivity contribution in [2.45, 2.75) is 0 Å². The number of benzene rings is 2. The molecule has 3 N–H and O–H groups in total. The fraction of sp³-hybridized carbons (Fsp3) is 0. The van der Waals surface area contributed by atoms with Crippen molar-refractivity contribution < 1.29 is 15.0 Å². The molecular formula is C15H11N3O3. The molecule has 0 saturated heterocycles. The van der Waals surface area contributed by atoms with Crippen LogP contribution >= 0.6 is 0 Å². The van der Waals surface area contributed by atoms with Crippen LogP contribution in [0.15, 0.2) is 48.5 Å². The van der Waals surface area contributed by atoms with E-state index in [0.717, 1.165) is 0 Å². The van der Waals surface area contributed by atoms with Crippen LogP contribution in [-0.4, -0.2) is 31.4 Å². The third-order valence-electron chi connectivity index (χ3n) is 3.05. The van der Waals surface area contributed by atoms with Crippen molar-refractivity contribution in [1.29, 1.82) is 0 Å². The van der Waals surface area contributed by atoms with Crippen LogP contribution < -0.4 is 0 Å². The molecule has 21 heavy (non-hydrogen) atoms. The van der Waals surface area contributed by atoms with Crippen molar-refractivity contribution >= 4 is 5.78 Å². The van der Waals surface area contributed by atoms with Gasteiger partial charge in [-0.25, -0.2) is 0 Å². The summed E-state index contributed by atoms with van der Waals surface area (Å²) >= 11 is 0. The maximum absolute atomic E-state index is 12.5. The van der Waals surface area contributed by atoms with Crippen LogP contribution in [-0.2, 0) is 0 Å². The monoisotopic (exact) mass is 281 g/mol. The minimum Gasteiger partial charge on any atom is -0.508 e. The first-order valence-corrected chi connectivity index (χ1v) is 6.19. The predicted molar refractivity (Wildman–Crippen MR) is 75.0 cm³/mol. The highest BCUT2D eigenvalue weighted by atomic mass is 16.3. The fourth-order valence-electron chi connectivity index (χ4n) is 2.00. The van der Waals surface area contributed by atoms with Gasteiger partial charge in [-0.15, -0.1) is 0 Å². The number of para-hydroxylation sites is 1. The molecule has 0 spiro atoms. The van der Waals surface area contributed by atoms with Gasteiger partial charge in [-0.2, -0.15) is 15.4 Å². The molecule has 1 heterocycles. The molecule has 3 rings (SSSR count). The number of hydrogen-bond acceptors (Lipinski definition) is 5. The third-order valence-corrected chi connectivity index (χ3v) is 3.05. The van der Waals surface area contributed by atoms with E-state index >= 15 is 0 Å². The second kappa shape index (κ2) is 5.09. The quantitative estimate of drug-likeness (QED) is 0.638. The molecule has 0 fully saturated rings. The van der Waals surface area contributed by atoms with Gasteiger partial charge < -0.3 is 10.2 Å². The molecule has 0 unspecified atom stereocenters. The summed E-state index contributed by atoms with van der Waals surface area (Å²) in [7, 11) is 0. The van der Waals surface area contributed by atoms with Crippen LogP contribution in [0.1, 0.15) is 16.1 Å². The average molecular weight is 281 g/mol. The fourth-order valence-corrected chi connectivity index (χ4v) is 2.00. The standard InChI is InChI=1S/C15H11N3O3/c19-10-7-5-9(6-8-10)13-14(17-18-16-13)15(21)11-3-1-2-4-12(11)20/h1-8,19-20H,(H,16,17,18). The third kappa shape index (κ3) is 2.34. The number of rotatable bonds is 3. The summed E-state index contributed by atoms with van der Waals surface area (Å²) in [6, 6.07) is 12.5. The molecule has 0 bridgehead atoms. The van der Waals surface area contributed by atoms with E-state index in [1.165, 1.54) is 24.3 Å². The summed E-state index contributed by atoms with van der Waals surface area (Å²) in [5.41, 5.74) is 1.28. The van der Waals surface area contributed by atoms with Gasteiger partial charge in [0.25, 0.3) is 0 Å². The van der Waals surface area contributed by atoms with Crippen molar-refractivity contribution in [2.75, 3.05) is 0 Å². The maximum atomic E-state index is 12.5. The van der Waals surface area contributed by atoms with E-state index in [4.69, 9.17) is 0 Å². The van der Waals surface area contributed by atoms with E-state index in [1.807, 2.05) is 0 Å². The highest BCUT2D eigenvalue weighted by Crippen LogP contribution is 2.26. The number of H-pyrrole nitrogens is 1. The molecule has 6 heteroatoms. The van der Waals surface area contributed by atoms with Gasteiger partial charge in [0.15, 0.2) is 5.69 Å². The van der Waals surface area contributed by atoms with Gasteiger partial charge in [0.2, 0.25) is 5.78 Å². The Morgan fingerprint density at radius 1 is 0.952 bits per heavy atom. The number of nitrogens with zero attached hydrogens (tertiary/aromatic N) is 2. The van der Waals surface area contributed by atoms with E-state index in [-0.39, 0.29) is 22.8 Å². The molecule has 0 aliphatic rings. The number of phenols is 2. The van der Waals surface area contributed by atoms with Gasteiger partial charge >= 0.3 is 0 Å². The van der Waals surface area contributed by atoms with Crippen molar-refractivity contribution in [1.82, 2.24) is 15.4 Å². The first kappa shape index (κ1) is 12.9. The number of carbonyl (C=O) groups is 1. The van der Waals surface area contributed by atoms with E-state index < -0.39 is 5.78 Å². The van der Waals surface area contributed by atoms with Gasteiger partial charge in [0.05, 0.1) is 5.56 Å². The van der Waals surface area contributed by atoms with Crippen molar-refractivity contribution in [3.05, 3.63) is 59.8 Å². The first-order valence-electron chi connectivity index (χ1n) is 6.19. The van der Waals surface area contributed by atoms with Crippen LogP contribution in [0.5, 0.6) is 11.5 Å². The van der Waals surface area contributed by atoms with Crippen LogP contribution in [0.3, 0.4) is 0 Å². The van der Waals surface area contributed by atoms with Gasteiger partial charge in [-0.3, -0.25) is 4.79 Å². The van der Waals surface area contributed by atoms with Gasteiger partial charge in [-0.1, -0.05) is 12.1 Å². The molecule has 0 atom stereocenters. The summed E-state index contributed by atoms with van der Waals surface area (Å²) in [6.45, 7) is 0. The predicted octanol–water partition coefficient (Wildman–Crippen LogP) is 2.11. The normalized spacial score (nSPS) is 10.5. The van der Waals surface area contributed by atoms with E-state index in [2.05, 4.69) is 15.4 Å². The highest BCUT2D eigenvalue weighted by molar-refractivity contribution is 6.12. The molecule has 0 amide bonds. The van der Waals surface area contributed by atoms with Crippen LogP contribution in [0, 0.1) is 0 Å². The molecule has 104 valence electrons. The summed E-state index contributed by atoms with van der Waals surface area (Å²) in [6.07, 6.45) is 0. The lowest BCUT2D eigenvalue weighted by Crippen LogP contribution is -2.04. The topological polar surface area (TPSA) is 99.1 Å². The first-order chi connectivity index (χ1) is 10.2. The smallest absolute Gasteiger partial charge is 0.219 e. The summed E-state index contributed by atoms with van der Waals surface area (Å²) in [5.74, 6) is -0.414. The lowest BCUT2D eigenvalue weighted by molar-refractivity contribution is 0.103. The number of carbonyl (C=O) groups excluding carboxylic acids is 1. The number of hydrogen-bond donors (Lipinski definition) is 3.